The van der Waals surface area contributed by atoms with E-state index in [0.717, 1.165) is 24.3 Å². The molecule has 0 heterocycles. The highest BCUT2D eigenvalue weighted by atomic mass is 32.2. The van der Waals surface area contributed by atoms with E-state index < -0.39 is 50.9 Å². The van der Waals surface area contributed by atoms with Crippen LogP contribution in [0.2, 0.25) is 0 Å². The van der Waals surface area contributed by atoms with Crippen molar-refractivity contribution in [3.63, 3.8) is 0 Å². The van der Waals surface area contributed by atoms with Crippen molar-refractivity contribution in [3.05, 3.63) is 30.3 Å². The van der Waals surface area contributed by atoms with Gasteiger partial charge in [0.15, 0.2) is 4.90 Å². The third kappa shape index (κ3) is 3.33. The van der Waals surface area contributed by atoms with Crippen LogP contribution in [0.4, 0.5) is 57.1 Å². The van der Waals surface area contributed by atoms with Crippen LogP contribution in [0, 0.1) is 0 Å². The molecule has 0 nitrogen and oxygen atoms in total. The molecule has 1 atom stereocenters. The average molecular weight is 443 g/mol. The van der Waals surface area contributed by atoms with E-state index in [4.69, 9.17) is 0 Å². The monoisotopic (exact) mass is 443 g/mol. The Morgan fingerprint density at radius 3 is 1.30 bits per heavy atom. The van der Waals surface area contributed by atoms with Crippen LogP contribution >= 0.6 is 0 Å². The van der Waals surface area contributed by atoms with Crippen molar-refractivity contribution in [1.82, 2.24) is 0 Å². The SMILES string of the molecule is C[S+](c1ccccc1)C(F)(F)C(F)(F)C(F)(F)C(F)(F)C(F)(F)C(F)(F)F. The second-order valence-corrected chi connectivity index (χ2v) is 7.14. The van der Waals surface area contributed by atoms with Crippen LogP contribution in [0.15, 0.2) is 35.2 Å². The number of alkyl halides is 13. The lowest BCUT2D eigenvalue weighted by Crippen LogP contribution is -2.71. The van der Waals surface area contributed by atoms with Crippen LogP contribution < -0.4 is 0 Å². The van der Waals surface area contributed by atoms with Crippen LogP contribution in [0.5, 0.6) is 0 Å². The van der Waals surface area contributed by atoms with Gasteiger partial charge in [0.05, 0.1) is 0 Å². The van der Waals surface area contributed by atoms with Crippen molar-refractivity contribution in [2.75, 3.05) is 6.26 Å². The molecule has 0 aliphatic rings. The third-order valence-corrected chi connectivity index (χ3v) is 5.39. The molecule has 0 aliphatic carbocycles. The quantitative estimate of drug-likeness (QED) is 0.374. The van der Waals surface area contributed by atoms with Crippen LogP contribution in [-0.2, 0) is 10.9 Å². The molecule has 1 rings (SSSR count). The summed E-state index contributed by atoms with van der Waals surface area (Å²) in [5, 5.41) is -6.09. The fourth-order valence-corrected chi connectivity index (χ4v) is 3.09. The Bertz CT molecular complexity index is 650. The molecule has 0 fully saturated rings. The second-order valence-electron chi connectivity index (χ2n) is 5.14. The summed E-state index contributed by atoms with van der Waals surface area (Å²) >= 11 is 0. The van der Waals surface area contributed by atoms with E-state index in [1.165, 1.54) is 6.07 Å². The van der Waals surface area contributed by atoms with Gasteiger partial charge in [-0.05, 0) is 12.1 Å². The van der Waals surface area contributed by atoms with E-state index in [0.29, 0.717) is 0 Å². The molecule has 1 aromatic rings. The average Bonchev–Trinajstić information content (AvgIpc) is 2.53. The van der Waals surface area contributed by atoms with Gasteiger partial charge in [0.2, 0.25) is 0 Å². The van der Waals surface area contributed by atoms with Crippen LogP contribution in [-0.4, -0.2) is 41.4 Å². The number of benzene rings is 1. The van der Waals surface area contributed by atoms with Crippen molar-refractivity contribution >= 4 is 10.9 Å². The maximum atomic E-state index is 13.9. The maximum absolute atomic E-state index is 13.9. The predicted molar refractivity (Wildman–Crippen MR) is 68.8 cm³/mol. The Morgan fingerprint density at radius 1 is 0.556 bits per heavy atom. The van der Waals surface area contributed by atoms with Crippen molar-refractivity contribution in [3.8, 4) is 0 Å². The molecule has 0 spiro atoms. The number of hydrogen-bond acceptors (Lipinski definition) is 0. The molecule has 1 aromatic carbocycles. The fourth-order valence-electron chi connectivity index (χ4n) is 1.72. The molecular weight excluding hydrogens is 435 g/mol. The largest absolute Gasteiger partial charge is 0.485 e. The van der Waals surface area contributed by atoms with Gasteiger partial charge in [-0.3, -0.25) is 0 Å². The minimum Gasteiger partial charge on any atom is -0.192 e. The Labute approximate surface area is 145 Å². The summed E-state index contributed by atoms with van der Waals surface area (Å²) in [6.45, 7) is 0. The van der Waals surface area contributed by atoms with Gasteiger partial charge in [-0.2, -0.15) is 48.3 Å². The van der Waals surface area contributed by atoms with E-state index in [-0.39, 0.29) is 6.26 Å². The van der Waals surface area contributed by atoms with Crippen molar-refractivity contribution in [2.45, 2.75) is 40.0 Å². The van der Waals surface area contributed by atoms with Gasteiger partial charge in [0, 0.05) is 0 Å². The van der Waals surface area contributed by atoms with E-state index in [2.05, 4.69) is 0 Å². The zero-order chi connectivity index (χ0) is 21.7. The summed E-state index contributed by atoms with van der Waals surface area (Å²) in [5.74, 6) is -30.6. The van der Waals surface area contributed by atoms with Crippen LogP contribution in [0.1, 0.15) is 0 Å². The lowest BCUT2D eigenvalue weighted by molar-refractivity contribution is -0.433. The Balaban J connectivity index is 3.50. The van der Waals surface area contributed by atoms with E-state index in [1.807, 2.05) is 0 Å². The summed E-state index contributed by atoms with van der Waals surface area (Å²) < 4.78 is 170. The molecule has 0 aliphatic heterocycles. The molecule has 0 N–H and O–H groups in total. The minimum atomic E-state index is -7.87. The lowest BCUT2D eigenvalue weighted by atomic mass is 9.98. The van der Waals surface area contributed by atoms with Gasteiger partial charge in [0.25, 0.3) is 0 Å². The highest BCUT2D eigenvalue weighted by molar-refractivity contribution is 7.97. The van der Waals surface area contributed by atoms with E-state index >= 15 is 0 Å². The number of halogens is 13. The van der Waals surface area contributed by atoms with Gasteiger partial charge in [-0.25, -0.2) is 0 Å². The highest BCUT2D eigenvalue weighted by Gasteiger charge is 2.93. The van der Waals surface area contributed by atoms with E-state index in [9.17, 15) is 57.1 Å². The zero-order valence-electron chi connectivity index (χ0n) is 12.7. The fraction of sp³-hybridized carbons (Fsp3) is 0.538. The first-order valence-corrected chi connectivity index (χ1v) is 8.07. The molecule has 0 amide bonds. The molecular formula is C13H8F13S+. The zero-order valence-corrected chi connectivity index (χ0v) is 13.5. The van der Waals surface area contributed by atoms with Gasteiger partial charge >= 0.3 is 35.1 Å². The smallest absolute Gasteiger partial charge is 0.192 e. The molecule has 27 heavy (non-hydrogen) atoms. The summed E-state index contributed by atoms with van der Waals surface area (Å²) in [6.07, 6.45) is -7.18. The van der Waals surface area contributed by atoms with Crippen LogP contribution in [0.3, 0.4) is 0 Å². The van der Waals surface area contributed by atoms with Gasteiger partial charge in [-0.15, -0.1) is 8.78 Å². The molecule has 1 unspecified atom stereocenters. The molecule has 0 saturated heterocycles. The molecule has 0 bridgehead atoms. The van der Waals surface area contributed by atoms with Gasteiger partial charge in [-0.1, -0.05) is 18.2 Å². The molecule has 0 aromatic heterocycles. The first-order valence-electron chi connectivity index (χ1n) is 6.43. The summed E-state index contributed by atoms with van der Waals surface area (Å²) in [6, 6.07) is 4.65. The Kier molecular flexibility index (Phi) is 5.81. The molecule has 0 saturated carbocycles. The van der Waals surface area contributed by atoms with Crippen molar-refractivity contribution in [2.24, 2.45) is 0 Å². The highest BCUT2D eigenvalue weighted by Crippen LogP contribution is 2.61. The predicted octanol–water partition coefficient (Wildman–Crippen LogP) is 5.99. The summed E-state index contributed by atoms with van der Waals surface area (Å²) in [4.78, 5) is -0.746. The van der Waals surface area contributed by atoms with Gasteiger partial charge in [0.1, 0.15) is 17.2 Å². The normalized spacial score (nSPS) is 16.4. The third-order valence-electron chi connectivity index (χ3n) is 3.39. The molecule has 14 heteroatoms. The topological polar surface area (TPSA) is 0 Å². The lowest BCUT2D eigenvalue weighted by Gasteiger charge is -2.38. The van der Waals surface area contributed by atoms with Crippen LogP contribution in [0.25, 0.3) is 0 Å². The van der Waals surface area contributed by atoms with E-state index in [1.54, 1.807) is 0 Å². The first kappa shape index (κ1) is 23.7. The molecule has 156 valence electrons. The number of hydrogen-bond donors (Lipinski definition) is 0. The molecule has 0 radical (unpaired) electrons. The Morgan fingerprint density at radius 2 is 0.926 bits per heavy atom. The number of rotatable bonds is 6. The maximum Gasteiger partial charge on any atom is 0.485 e. The first-order chi connectivity index (χ1) is 11.8. The Hall–Kier alpha value is -1.34. The summed E-state index contributed by atoms with van der Waals surface area (Å²) in [5.41, 5.74) is 0. The standard InChI is InChI=1S/C13H8F13S/c1-27(7-5-3-2-4-6-7)13(25,26)11(20,21)9(16,17)8(14,15)10(18,19)12(22,23)24/h2-6H,1H3/q+1. The van der Waals surface area contributed by atoms with Crippen molar-refractivity contribution in [1.29, 1.82) is 0 Å². The summed E-state index contributed by atoms with van der Waals surface area (Å²) in [7, 11) is -3.27. The second kappa shape index (κ2) is 6.62. The van der Waals surface area contributed by atoms with Crippen molar-refractivity contribution < 1.29 is 57.1 Å². The minimum absolute atomic E-state index is 0.222. The van der Waals surface area contributed by atoms with Gasteiger partial charge < -0.3 is 0 Å².